The van der Waals surface area contributed by atoms with Crippen LogP contribution in [0.25, 0.3) is 0 Å². The van der Waals surface area contributed by atoms with Crippen LogP contribution >= 0.6 is 34.8 Å². The number of rotatable bonds is 10. The zero-order valence-corrected chi connectivity index (χ0v) is 17.3. The molecule has 1 aromatic rings. The third kappa shape index (κ3) is 7.73. The molecule has 0 aromatic heterocycles. The molecule has 0 fully saturated rings. The minimum atomic E-state index is -4.02. The third-order valence-corrected chi connectivity index (χ3v) is 6.79. The van der Waals surface area contributed by atoms with Crippen LogP contribution in [0.4, 0.5) is 0 Å². The first-order valence-corrected chi connectivity index (χ1v) is 11.0. The Morgan fingerprint density at radius 1 is 1.04 bits per heavy atom. The summed E-state index contributed by atoms with van der Waals surface area (Å²) < 4.78 is 23.2. The molecule has 1 aromatic carbocycles. The smallest absolute Gasteiger partial charge is 0.225 e. The molecule has 1 N–H and O–H groups in total. The Kier molecular flexibility index (Phi) is 9.57. The molecule has 0 saturated carbocycles. The monoisotopic (exact) mass is 427 g/mol. The summed E-state index contributed by atoms with van der Waals surface area (Å²) in [6.07, 6.45) is 6.31. The summed E-state index contributed by atoms with van der Waals surface area (Å²) in [5.41, 5.74) is 0. The topological polar surface area (TPSA) is 63.2 Å². The largest absolute Gasteiger partial charge is 0.336 e. The number of carbonyl (C=O) groups is 1. The highest BCUT2D eigenvalue weighted by atomic mass is 35.6. The quantitative estimate of drug-likeness (QED) is 0.420. The lowest BCUT2D eigenvalue weighted by molar-refractivity contribution is -0.121. The molecule has 0 aliphatic heterocycles. The SMILES string of the molecule is CCCCCCCCC(=O)N[C@H](C(Cl)(Cl)Cl)S(=O)(=O)c1ccccc1. The van der Waals surface area contributed by atoms with Crippen molar-refractivity contribution in [2.24, 2.45) is 0 Å². The van der Waals surface area contributed by atoms with Gasteiger partial charge in [0.2, 0.25) is 19.5 Å². The molecule has 1 atom stereocenters. The molecule has 0 unspecified atom stereocenters. The fourth-order valence-electron chi connectivity index (χ4n) is 2.37. The van der Waals surface area contributed by atoms with Crippen molar-refractivity contribution >= 4 is 50.5 Å². The number of benzene rings is 1. The zero-order chi connectivity index (χ0) is 18.9. The molecule has 142 valence electrons. The van der Waals surface area contributed by atoms with Gasteiger partial charge in [0.1, 0.15) is 0 Å². The van der Waals surface area contributed by atoms with Crippen LogP contribution in [0.15, 0.2) is 35.2 Å². The van der Waals surface area contributed by atoms with E-state index in [0.29, 0.717) is 6.42 Å². The maximum absolute atomic E-state index is 12.7. The van der Waals surface area contributed by atoms with Gasteiger partial charge in [-0.2, -0.15) is 0 Å². The molecule has 0 aliphatic rings. The molecule has 25 heavy (non-hydrogen) atoms. The molecular weight excluding hydrogens is 405 g/mol. The van der Waals surface area contributed by atoms with Gasteiger partial charge in [0.15, 0.2) is 5.37 Å². The molecule has 1 amide bonds. The molecule has 0 radical (unpaired) electrons. The van der Waals surface area contributed by atoms with Crippen molar-refractivity contribution in [1.82, 2.24) is 5.32 Å². The van der Waals surface area contributed by atoms with Gasteiger partial charge in [0.25, 0.3) is 0 Å². The molecular formula is C17H24Cl3NO3S. The summed E-state index contributed by atoms with van der Waals surface area (Å²) >= 11 is 17.5. The van der Waals surface area contributed by atoms with Crippen molar-refractivity contribution in [3.05, 3.63) is 30.3 Å². The minimum absolute atomic E-state index is 0.00816. The van der Waals surface area contributed by atoms with Gasteiger partial charge >= 0.3 is 0 Å². The lowest BCUT2D eigenvalue weighted by Gasteiger charge is -2.25. The number of unbranched alkanes of at least 4 members (excludes halogenated alkanes) is 5. The van der Waals surface area contributed by atoms with E-state index in [2.05, 4.69) is 12.2 Å². The number of amides is 1. The van der Waals surface area contributed by atoms with E-state index in [1.165, 1.54) is 18.6 Å². The van der Waals surface area contributed by atoms with Gasteiger partial charge in [-0.3, -0.25) is 4.79 Å². The fraction of sp³-hybridized carbons (Fsp3) is 0.588. The van der Waals surface area contributed by atoms with Crippen LogP contribution in [-0.2, 0) is 14.6 Å². The second-order valence-electron chi connectivity index (χ2n) is 5.86. The Hall–Kier alpha value is -0.490. The van der Waals surface area contributed by atoms with Crippen LogP contribution in [0.2, 0.25) is 0 Å². The van der Waals surface area contributed by atoms with Crippen molar-refractivity contribution < 1.29 is 13.2 Å². The predicted molar refractivity (Wildman–Crippen MR) is 104 cm³/mol. The number of sulfone groups is 1. The first kappa shape index (κ1) is 22.6. The van der Waals surface area contributed by atoms with Gasteiger partial charge in [-0.05, 0) is 18.6 Å². The number of carbonyl (C=O) groups excluding carboxylic acids is 1. The van der Waals surface area contributed by atoms with Crippen LogP contribution in [0.1, 0.15) is 51.9 Å². The number of hydrogen-bond donors (Lipinski definition) is 1. The van der Waals surface area contributed by atoms with E-state index < -0.39 is 24.9 Å². The predicted octanol–water partition coefficient (Wildman–Crippen LogP) is 5.02. The maximum Gasteiger partial charge on any atom is 0.225 e. The molecule has 1 rings (SSSR count). The fourth-order valence-corrected chi connectivity index (χ4v) is 5.03. The van der Waals surface area contributed by atoms with E-state index in [9.17, 15) is 13.2 Å². The van der Waals surface area contributed by atoms with Crippen molar-refractivity contribution in [2.45, 2.75) is 65.9 Å². The third-order valence-electron chi connectivity index (χ3n) is 3.73. The standard InChI is InChI=1S/C17H24Cl3NO3S/c1-2-3-4-5-6-10-13-15(22)21-16(17(18,19)20)25(23,24)14-11-8-7-9-12-14/h7-9,11-12,16H,2-6,10,13H2,1H3,(H,21,22)/t16-/m0/s1. The van der Waals surface area contributed by atoms with Crippen LogP contribution in [0, 0.1) is 0 Å². The van der Waals surface area contributed by atoms with Crippen molar-refractivity contribution in [2.75, 3.05) is 0 Å². The second-order valence-corrected chi connectivity index (χ2v) is 10.3. The first-order chi connectivity index (χ1) is 11.7. The van der Waals surface area contributed by atoms with Gasteiger partial charge in [-0.1, -0.05) is 92.0 Å². The molecule has 4 nitrogen and oxygen atoms in total. The summed E-state index contributed by atoms with van der Waals surface area (Å²) in [6.45, 7) is 2.14. The lowest BCUT2D eigenvalue weighted by atomic mass is 10.1. The highest BCUT2D eigenvalue weighted by Crippen LogP contribution is 2.35. The number of nitrogens with one attached hydrogen (secondary N) is 1. The highest BCUT2D eigenvalue weighted by molar-refractivity contribution is 7.92. The van der Waals surface area contributed by atoms with E-state index in [1.54, 1.807) is 18.2 Å². The Morgan fingerprint density at radius 2 is 1.60 bits per heavy atom. The number of alkyl halides is 3. The van der Waals surface area contributed by atoms with Gasteiger partial charge in [0, 0.05) is 6.42 Å². The van der Waals surface area contributed by atoms with E-state index >= 15 is 0 Å². The lowest BCUT2D eigenvalue weighted by Crippen LogP contribution is -2.49. The summed E-state index contributed by atoms with van der Waals surface area (Å²) in [6, 6.07) is 7.62. The number of hydrogen-bond acceptors (Lipinski definition) is 3. The van der Waals surface area contributed by atoms with Crippen LogP contribution in [0.3, 0.4) is 0 Å². The van der Waals surface area contributed by atoms with Gasteiger partial charge in [-0.15, -0.1) is 0 Å². The van der Waals surface area contributed by atoms with E-state index in [-0.39, 0.29) is 11.3 Å². The zero-order valence-electron chi connectivity index (χ0n) is 14.2. The second kappa shape index (κ2) is 10.6. The van der Waals surface area contributed by atoms with Crippen LogP contribution < -0.4 is 5.32 Å². The highest BCUT2D eigenvalue weighted by Gasteiger charge is 2.44. The van der Waals surface area contributed by atoms with Gasteiger partial charge in [0.05, 0.1) is 4.90 Å². The van der Waals surface area contributed by atoms with Crippen LogP contribution in [-0.4, -0.2) is 23.5 Å². The summed E-state index contributed by atoms with van der Waals surface area (Å²) in [5.74, 6) is -0.439. The molecule has 0 spiro atoms. The maximum atomic E-state index is 12.7. The summed E-state index contributed by atoms with van der Waals surface area (Å²) in [4.78, 5) is 12.1. The summed E-state index contributed by atoms with van der Waals surface area (Å²) in [7, 11) is -4.02. The van der Waals surface area contributed by atoms with E-state index in [1.807, 2.05) is 0 Å². The average molecular weight is 429 g/mol. The minimum Gasteiger partial charge on any atom is -0.336 e. The van der Waals surface area contributed by atoms with Crippen molar-refractivity contribution in [3.63, 3.8) is 0 Å². The van der Waals surface area contributed by atoms with Gasteiger partial charge in [-0.25, -0.2) is 8.42 Å². The average Bonchev–Trinajstić information content (AvgIpc) is 2.55. The molecule has 0 saturated heterocycles. The van der Waals surface area contributed by atoms with Crippen molar-refractivity contribution in [3.8, 4) is 0 Å². The first-order valence-electron chi connectivity index (χ1n) is 8.34. The van der Waals surface area contributed by atoms with Gasteiger partial charge < -0.3 is 5.32 Å². The Morgan fingerprint density at radius 3 is 2.16 bits per heavy atom. The molecule has 0 heterocycles. The Labute approximate surface area is 165 Å². The molecule has 8 heteroatoms. The Balaban J connectivity index is 2.70. The Bertz CT molecular complexity index is 630. The normalized spacial score (nSPS) is 13.4. The van der Waals surface area contributed by atoms with E-state index in [4.69, 9.17) is 34.8 Å². The summed E-state index contributed by atoms with van der Waals surface area (Å²) in [5, 5.41) is 0.736. The molecule has 0 bridgehead atoms. The van der Waals surface area contributed by atoms with Crippen LogP contribution in [0.5, 0.6) is 0 Å². The number of halogens is 3. The van der Waals surface area contributed by atoms with E-state index in [0.717, 1.165) is 25.7 Å². The molecule has 0 aliphatic carbocycles. The van der Waals surface area contributed by atoms with Crippen molar-refractivity contribution in [1.29, 1.82) is 0 Å².